The first-order valence-corrected chi connectivity index (χ1v) is 4.13. The number of nitrogens with two attached hydrogens (primary N) is 1. The number of benzene rings is 1. The second kappa shape index (κ2) is 3.11. The number of hydrogen-bond acceptors (Lipinski definition) is 3. The summed E-state index contributed by atoms with van der Waals surface area (Å²) in [5.74, 6) is 0.153. The largest absolute Gasteiger partial charge is 0.366 e. The smallest absolute Gasteiger partial charge is 0.241 e. The van der Waals surface area contributed by atoms with Gasteiger partial charge in [-0.25, -0.2) is 0 Å². The van der Waals surface area contributed by atoms with Gasteiger partial charge in [0.2, 0.25) is 5.88 Å². The highest BCUT2D eigenvalue weighted by Crippen LogP contribution is 2.30. The predicted molar refractivity (Wildman–Crippen MR) is 51.4 cm³/mol. The summed E-state index contributed by atoms with van der Waals surface area (Å²) in [6, 6.07) is 9.50. The molecular formula is C9H7ClN2O. The maximum absolute atomic E-state index is 5.86. The molecule has 2 rings (SSSR count). The Balaban J connectivity index is 2.53. The second-order valence-corrected chi connectivity index (χ2v) is 2.95. The van der Waals surface area contributed by atoms with E-state index in [2.05, 4.69) is 5.16 Å². The van der Waals surface area contributed by atoms with Crippen molar-refractivity contribution in [3.05, 3.63) is 35.4 Å². The molecule has 0 bridgehead atoms. The minimum Gasteiger partial charge on any atom is -0.366 e. The van der Waals surface area contributed by atoms with Gasteiger partial charge < -0.3 is 10.3 Å². The molecule has 0 amide bonds. The number of nitrogens with zero attached hydrogens (tertiary/aromatic N) is 1. The fourth-order valence-electron chi connectivity index (χ4n) is 1.07. The van der Waals surface area contributed by atoms with E-state index in [0.717, 1.165) is 5.56 Å². The van der Waals surface area contributed by atoms with Crippen molar-refractivity contribution in [1.82, 2.24) is 5.16 Å². The van der Waals surface area contributed by atoms with Gasteiger partial charge in [-0.15, -0.1) is 0 Å². The van der Waals surface area contributed by atoms with Crippen molar-refractivity contribution in [1.29, 1.82) is 0 Å². The van der Waals surface area contributed by atoms with E-state index in [9.17, 15) is 0 Å². The van der Waals surface area contributed by atoms with Crippen molar-refractivity contribution in [3.8, 4) is 11.3 Å². The number of anilines is 1. The molecule has 13 heavy (non-hydrogen) atoms. The lowest BCUT2D eigenvalue weighted by Gasteiger charge is -1.93. The van der Waals surface area contributed by atoms with Gasteiger partial charge in [0.15, 0.2) is 0 Å². The topological polar surface area (TPSA) is 52.0 Å². The molecule has 0 radical (unpaired) electrons. The van der Waals surface area contributed by atoms with Crippen molar-refractivity contribution in [3.63, 3.8) is 0 Å². The zero-order valence-corrected chi connectivity index (χ0v) is 7.45. The van der Waals surface area contributed by atoms with Crippen molar-refractivity contribution < 1.29 is 4.52 Å². The van der Waals surface area contributed by atoms with E-state index in [1.807, 2.05) is 30.3 Å². The number of hydrogen-bond donors (Lipinski definition) is 1. The summed E-state index contributed by atoms with van der Waals surface area (Å²) in [4.78, 5) is 0. The first kappa shape index (κ1) is 8.13. The van der Waals surface area contributed by atoms with Crippen LogP contribution in [0, 0.1) is 0 Å². The Kier molecular flexibility index (Phi) is 1.94. The number of aromatic nitrogens is 1. The van der Waals surface area contributed by atoms with Crippen LogP contribution in [0.2, 0.25) is 5.02 Å². The molecule has 1 heterocycles. The summed E-state index contributed by atoms with van der Waals surface area (Å²) >= 11 is 5.86. The van der Waals surface area contributed by atoms with Crippen LogP contribution < -0.4 is 5.73 Å². The first-order chi connectivity index (χ1) is 6.29. The van der Waals surface area contributed by atoms with E-state index in [0.29, 0.717) is 10.7 Å². The predicted octanol–water partition coefficient (Wildman–Crippen LogP) is 2.58. The van der Waals surface area contributed by atoms with Crippen LogP contribution in [-0.4, -0.2) is 5.16 Å². The van der Waals surface area contributed by atoms with E-state index in [1.54, 1.807) is 0 Å². The van der Waals surface area contributed by atoms with E-state index in [-0.39, 0.29) is 5.88 Å². The number of rotatable bonds is 1. The lowest BCUT2D eigenvalue weighted by molar-refractivity contribution is 0.439. The molecule has 0 saturated carbocycles. The van der Waals surface area contributed by atoms with Gasteiger partial charge in [0, 0.05) is 5.56 Å². The maximum Gasteiger partial charge on any atom is 0.241 e. The van der Waals surface area contributed by atoms with Gasteiger partial charge >= 0.3 is 0 Å². The third-order valence-electron chi connectivity index (χ3n) is 1.71. The molecule has 3 nitrogen and oxygen atoms in total. The lowest BCUT2D eigenvalue weighted by atomic mass is 10.1. The molecule has 2 aromatic rings. The van der Waals surface area contributed by atoms with E-state index < -0.39 is 0 Å². The van der Waals surface area contributed by atoms with Crippen molar-refractivity contribution in [2.75, 3.05) is 5.73 Å². The van der Waals surface area contributed by atoms with Crippen LogP contribution in [0.15, 0.2) is 34.9 Å². The highest BCUT2D eigenvalue weighted by molar-refractivity contribution is 6.35. The Bertz CT molecular complexity index is 411. The second-order valence-electron chi connectivity index (χ2n) is 2.58. The summed E-state index contributed by atoms with van der Waals surface area (Å²) in [6.07, 6.45) is 0. The molecule has 0 aliphatic heterocycles. The normalized spacial score (nSPS) is 10.2. The number of halogens is 1. The Labute approximate surface area is 80.1 Å². The standard InChI is InChI=1S/C9H7ClN2O/c10-7-8(12-13-9(7)11)6-4-2-1-3-5-6/h1-5H,11H2. The fourth-order valence-corrected chi connectivity index (χ4v) is 1.25. The molecular weight excluding hydrogens is 188 g/mol. The molecule has 0 unspecified atom stereocenters. The maximum atomic E-state index is 5.86. The lowest BCUT2D eigenvalue weighted by Crippen LogP contribution is -1.80. The zero-order chi connectivity index (χ0) is 9.26. The van der Waals surface area contributed by atoms with E-state index in [4.69, 9.17) is 21.9 Å². The van der Waals surface area contributed by atoms with Gasteiger partial charge in [0.1, 0.15) is 10.7 Å². The monoisotopic (exact) mass is 194 g/mol. The summed E-state index contributed by atoms with van der Waals surface area (Å²) in [7, 11) is 0. The summed E-state index contributed by atoms with van der Waals surface area (Å²) < 4.78 is 4.75. The van der Waals surface area contributed by atoms with Crippen LogP contribution in [0.5, 0.6) is 0 Å². The highest BCUT2D eigenvalue weighted by atomic mass is 35.5. The van der Waals surface area contributed by atoms with Crippen LogP contribution in [0.1, 0.15) is 0 Å². The van der Waals surface area contributed by atoms with Crippen LogP contribution in [0.25, 0.3) is 11.3 Å². The molecule has 1 aromatic carbocycles. The zero-order valence-electron chi connectivity index (χ0n) is 6.70. The van der Waals surface area contributed by atoms with Crippen LogP contribution in [0.4, 0.5) is 5.88 Å². The minimum atomic E-state index is 0.153. The third kappa shape index (κ3) is 1.38. The van der Waals surface area contributed by atoms with E-state index >= 15 is 0 Å². The van der Waals surface area contributed by atoms with Crippen LogP contribution >= 0.6 is 11.6 Å². The molecule has 0 fully saturated rings. The average Bonchev–Trinajstić information content (AvgIpc) is 2.49. The third-order valence-corrected chi connectivity index (χ3v) is 2.07. The Morgan fingerprint density at radius 2 is 1.92 bits per heavy atom. The summed E-state index contributed by atoms with van der Waals surface area (Å²) in [6.45, 7) is 0. The SMILES string of the molecule is Nc1onc(-c2ccccc2)c1Cl. The Morgan fingerprint density at radius 3 is 2.46 bits per heavy atom. The Hall–Kier alpha value is -1.48. The fraction of sp³-hybridized carbons (Fsp3) is 0. The van der Waals surface area contributed by atoms with Gasteiger partial charge in [0.05, 0.1) is 0 Å². The van der Waals surface area contributed by atoms with Gasteiger partial charge in [-0.2, -0.15) is 0 Å². The van der Waals surface area contributed by atoms with Gasteiger partial charge in [-0.05, 0) is 0 Å². The van der Waals surface area contributed by atoms with Gasteiger partial charge in [-0.1, -0.05) is 47.1 Å². The average molecular weight is 195 g/mol. The van der Waals surface area contributed by atoms with Crippen molar-refractivity contribution >= 4 is 17.5 Å². The first-order valence-electron chi connectivity index (χ1n) is 3.75. The Morgan fingerprint density at radius 1 is 1.23 bits per heavy atom. The molecule has 0 atom stereocenters. The van der Waals surface area contributed by atoms with E-state index in [1.165, 1.54) is 0 Å². The summed E-state index contributed by atoms with van der Waals surface area (Å²) in [5.41, 5.74) is 6.90. The molecule has 1 aromatic heterocycles. The van der Waals surface area contributed by atoms with Crippen LogP contribution in [-0.2, 0) is 0 Å². The molecule has 0 spiro atoms. The van der Waals surface area contributed by atoms with Crippen LogP contribution in [0.3, 0.4) is 0 Å². The van der Waals surface area contributed by atoms with Gasteiger partial charge in [-0.3, -0.25) is 0 Å². The molecule has 0 aliphatic rings. The quantitative estimate of drug-likeness (QED) is 0.759. The van der Waals surface area contributed by atoms with Crippen molar-refractivity contribution in [2.45, 2.75) is 0 Å². The summed E-state index contributed by atoms with van der Waals surface area (Å²) in [5, 5.41) is 4.12. The van der Waals surface area contributed by atoms with Crippen molar-refractivity contribution in [2.24, 2.45) is 0 Å². The molecule has 0 saturated heterocycles. The molecule has 0 aliphatic carbocycles. The number of nitrogen functional groups attached to an aromatic ring is 1. The molecule has 66 valence electrons. The highest BCUT2D eigenvalue weighted by Gasteiger charge is 2.11. The molecule has 2 N–H and O–H groups in total. The van der Waals surface area contributed by atoms with Gasteiger partial charge in [0.25, 0.3) is 0 Å². The molecule has 4 heteroatoms. The minimum absolute atomic E-state index is 0.153.